The van der Waals surface area contributed by atoms with Crippen LogP contribution in [-0.4, -0.2) is 11.7 Å². The summed E-state index contributed by atoms with van der Waals surface area (Å²) < 4.78 is 0. The fourth-order valence-corrected chi connectivity index (χ4v) is 2.54. The molecule has 1 nitrogen and oxygen atoms in total. The first-order valence-electron chi connectivity index (χ1n) is 7.49. The predicted octanol–water partition coefficient (Wildman–Crippen LogP) is 4.72. The van der Waals surface area contributed by atoms with Crippen LogP contribution in [0.4, 0.5) is 0 Å². The molecule has 0 unspecified atom stereocenters. The highest BCUT2D eigenvalue weighted by Gasteiger charge is 1.97. The highest BCUT2D eigenvalue weighted by Crippen LogP contribution is 2.17. The molecule has 0 radical (unpaired) electrons. The molecule has 0 aliphatic carbocycles. The van der Waals surface area contributed by atoms with Gasteiger partial charge in [0.15, 0.2) is 0 Å². The van der Waals surface area contributed by atoms with Crippen LogP contribution in [-0.2, 0) is 6.42 Å². The molecule has 0 aliphatic rings. The van der Waals surface area contributed by atoms with E-state index in [1.54, 1.807) is 0 Å². The maximum atomic E-state index is 8.70. The van der Waals surface area contributed by atoms with E-state index in [2.05, 4.69) is 42.5 Å². The Kier molecular flexibility index (Phi) is 5.90. The quantitative estimate of drug-likeness (QED) is 0.678. The molecule has 2 rings (SSSR count). The normalized spacial score (nSPS) is 11.0. The van der Waals surface area contributed by atoms with E-state index in [1.165, 1.54) is 54.9 Å². The van der Waals surface area contributed by atoms with Gasteiger partial charge >= 0.3 is 0 Å². The molecule has 2 aromatic rings. The molecule has 0 amide bonds. The van der Waals surface area contributed by atoms with Crippen LogP contribution < -0.4 is 0 Å². The summed E-state index contributed by atoms with van der Waals surface area (Å²) in [5, 5.41) is 11.4. The van der Waals surface area contributed by atoms with Crippen LogP contribution in [0.5, 0.6) is 0 Å². The predicted molar refractivity (Wildman–Crippen MR) is 82.4 cm³/mol. The molecular formula is C18H24O. The first kappa shape index (κ1) is 14.1. The van der Waals surface area contributed by atoms with E-state index in [1.807, 2.05) is 0 Å². The van der Waals surface area contributed by atoms with Gasteiger partial charge in [0, 0.05) is 6.61 Å². The Morgan fingerprint density at radius 3 is 2.16 bits per heavy atom. The van der Waals surface area contributed by atoms with E-state index < -0.39 is 0 Å². The van der Waals surface area contributed by atoms with Crippen molar-refractivity contribution in [3.05, 3.63) is 48.0 Å². The molecule has 102 valence electrons. The summed E-state index contributed by atoms with van der Waals surface area (Å²) in [5.74, 6) is 0. The fraction of sp³-hybridized carbons (Fsp3) is 0.444. The largest absolute Gasteiger partial charge is 0.396 e. The van der Waals surface area contributed by atoms with Crippen molar-refractivity contribution < 1.29 is 5.11 Å². The molecule has 1 N–H and O–H groups in total. The van der Waals surface area contributed by atoms with Gasteiger partial charge in [0.1, 0.15) is 0 Å². The van der Waals surface area contributed by atoms with Gasteiger partial charge in [-0.25, -0.2) is 0 Å². The van der Waals surface area contributed by atoms with Gasteiger partial charge in [-0.3, -0.25) is 0 Å². The van der Waals surface area contributed by atoms with Crippen LogP contribution in [0, 0.1) is 0 Å². The average Bonchev–Trinajstić information content (AvgIpc) is 2.46. The minimum Gasteiger partial charge on any atom is -0.396 e. The highest BCUT2D eigenvalue weighted by molar-refractivity contribution is 5.82. The van der Waals surface area contributed by atoms with Crippen molar-refractivity contribution in [1.29, 1.82) is 0 Å². The van der Waals surface area contributed by atoms with E-state index in [0.29, 0.717) is 6.61 Å². The summed E-state index contributed by atoms with van der Waals surface area (Å²) in [6.07, 6.45) is 8.46. The molecule has 0 fully saturated rings. The minimum absolute atomic E-state index is 0.344. The Hall–Kier alpha value is -1.34. The van der Waals surface area contributed by atoms with Crippen molar-refractivity contribution in [3.8, 4) is 0 Å². The number of hydrogen-bond donors (Lipinski definition) is 1. The third-order valence-electron chi connectivity index (χ3n) is 3.69. The molecule has 19 heavy (non-hydrogen) atoms. The Morgan fingerprint density at radius 1 is 0.684 bits per heavy atom. The zero-order valence-corrected chi connectivity index (χ0v) is 11.6. The average molecular weight is 256 g/mol. The van der Waals surface area contributed by atoms with Crippen molar-refractivity contribution in [2.24, 2.45) is 0 Å². The first-order chi connectivity index (χ1) is 9.40. The van der Waals surface area contributed by atoms with E-state index in [0.717, 1.165) is 6.42 Å². The molecule has 2 aromatic carbocycles. The number of benzene rings is 2. The standard InChI is InChI=1S/C18H24O/c19-14-8-4-2-1-3-5-9-16-12-13-17-10-6-7-11-18(17)15-16/h6-7,10-13,15,19H,1-5,8-9,14H2. The lowest BCUT2D eigenvalue weighted by Crippen LogP contribution is -1.87. The summed E-state index contributed by atoms with van der Waals surface area (Å²) in [5.41, 5.74) is 1.45. The molecule has 0 saturated carbocycles. The van der Waals surface area contributed by atoms with Gasteiger partial charge in [-0.05, 0) is 35.6 Å². The first-order valence-corrected chi connectivity index (χ1v) is 7.49. The summed E-state index contributed by atoms with van der Waals surface area (Å²) in [6, 6.07) is 15.4. The van der Waals surface area contributed by atoms with Crippen molar-refractivity contribution in [2.75, 3.05) is 6.61 Å². The highest BCUT2D eigenvalue weighted by atomic mass is 16.2. The molecule has 0 aliphatic heterocycles. The lowest BCUT2D eigenvalue weighted by atomic mass is 10.0. The van der Waals surface area contributed by atoms with Crippen LogP contribution in [0.2, 0.25) is 0 Å². The monoisotopic (exact) mass is 256 g/mol. The maximum Gasteiger partial charge on any atom is 0.0431 e. The SMILES string of the molecule is OCCCCCCCCc1ccc2ccccc2c1. The van der Waals surface area contributed by atoms with E-state index >= 15 is 0 Å². The second kappa shape index (κ2) is 7.96. The van der Waals surface area contributed by atoms with Crippen LogP contribution >= 0.6 is 0 Å². The Labute approximate surface area is 116 Å². The van der Waals surface area contributed by atoms with Gasteiger partial charge in [0.2, 0.25) is 0 Å². The van der Waals surface area contributed by atoms with Crippen LogP contribution in [0.25, 0.3) is 10.8 Å². The lowest BCUT2D eigenvalue weighted by molar-refractivity contribution is 0.282. The van der Waals surface area contributed by atoms with Crippen LogP contribution in [0.15, 0.2) is 42.5 Å². The molecule has 1 heteroatoms. The summed E-state index contributed by atoms with van der Waals surface area (Å²) in [6.45, 7) is 0.344. The molecule has 0 heterocycles. The summed E-state index contributed by atoms with van der Waals surface area (Å²) in [4.78, 5) is 0. The second-order valence-corrected chi connectivity index (χ2v) is 5.28. The summed E-state index contributed by atoms with van der Waals surface area (Å²) in [7, 11) is 0. The van der Waals surface area contributed by atoms with E-state index in [4.69, 9.17) is 5.11 Å². The number of aliphatic hydroxyl groups excluding tert-OH is 1. The Morgan fingerprint density at radius 2 is 1.37 bits per heavy atom. The molecule has 0 aromatic heterocycles. The Balaban J connectivity index is 1.72. The van der Waals surface area contributed by atoms with Crippen molar-refractivity contribution >= 4 is 10.8 Å². The number of aryl methyl sites for hydroxylation is 1. The van der Waals surface area contributed by atoms with E-state index in [-0.39, 0.29) is 0 Å². The van der Waals surface area contributed by atoms with Crippen molar-refractivity contribution in [3.63, 3.8) is 0 Å². The molecule has 0 atom stereocenters. The number of unbranched alkanes of at least 4 members (excludes halogenated alkanes) is 5. The smallest absolute Gasteiger partial charge is 0.0431 e. The third kappa shape index (κ3) is 4.68. The van der Waals surface area contributed by atoms with Crippen molar-refractivity contribution in [1.82, 2.24) is 0 Å². The minimum atomic E-state index is 0.344. The van der Waals surface area contributed by atoms with Gasteiger partial charge < -0.3 is 5.11 Å². The fourth-order valence-electron chi connectivity index (χ4n) is 2.54. The second-order valence-electron chi connectivity index (χ2n) is 5.28. The number of rotatable bonds is 8. The van der Waals surface area contributed by atoms with Gasteiger partial charge in [0.05, 0.1) is 0 Å². The zero-order chi connectivity index (χ0) is 13.3. The van der Waals surface area contributed by atoms with Gasteiger partial charge in [-0.15, -0.1) is 0 Å². The molecular weight excluding hydrogens is 232 g/mol. The van der Waals surface area contributed by atoms with Crippen LogP contribution in [0.1, 0.15) is 44.1 Å². The van der Waals surface area contributed by atoms with Gasteiger partial charge in [0.25, 0.3) is 0 Å². The third-order valence-corrected chi connectivity index (χ3v) is 3.69. The Bertz CT molecular complexity index is 490. The van der Waals surface area contributed by atoms with Crippen LogP contribution in [0.3, 0.4) is 0 Å². The number of fused-ring (bicyclic) bond motifs is 1. The molecule has 0 spiro atoms. The number of hydrogen-bond acceptors (Lipinski definition) is 1. The topological polar surface area (TPSA) is 20.2 Å². The summed E-state index contributed by atoms with van der Waals surface area (Å²) >= 11 is 0. The number of aliphatic hydroxyl groups is 1. The van der Waals surface area contributed by atoms with Gasteiger partial charge in [-0.1, -0.05) is 68.1 Å². The van der Waals surface area contributed by atoms with Gasteiger partial charge in [-0.2, -0.15) is 0 Å². The lowest BCUT2D eigenvalue weighted by Gasteiger charge is -2.04. The van der Waals surface area contributed by atoms with E-state index in [9.17, 15) is 0 Å². The molecule has 0 bridgehead atoms. The van der Waals surface area contributed by atoms with Crippen molar-refractivity contribution in [2.45, 2.75) is 44.9 Å². The zero-order valence-electron chi connectivity index (χ0n) is 11.6. The maximum absolute atomic E-state index is 8.70. The molecule has 0 saturated heterocycles.